The Labute approximate surface area is 165 Å². The van der Waals surface area contributed by atoms with Crippen molar-refractivity contribution in [3.8, 4) is 6.07 Å². The molecule has 1 aliphatic heterocycles. The van der Waals surface area contributed by atoms with Crippen LogP contribution in [0, 0.1) is 31.1 Å². The van der Waals surface area contributed by atoms with Crippen molar-refractivity contribution in [3.05, 3.63) is 59.2 Å². The highest BCUT2D eigenvalue weighted by Crippen LogP contribution is 2.27. The first-order chi connectivity index (χ1) is 13.3. The van der Waals surface area contributed by atoms with Crippen LogP contribution >= 0.6 is 0 Å². The van der Waals surface area contributed by atoms with Crippen LogP contribution in [0.15, 0.2) is 47.4 Å². The van der Waals surface area contributed by atoms with Gasteiger partial charge in [0.2, 0.25) is 15.9 Å². The number of anilines is 1. The highest BCUT2D eigenvalue weighted by Gasteiger charge is 2.33. The summed E-state index contributed by atoms with van der Waals surface area (Å²) in [6, 6.07) is 14.3. The van der Waals surface area contributed by atoms with Gasteiger partial charge in [-0.1, -0.05) is 24.3 Å². The Morgan fingerprint density at radius 2 is 1.82 bits per heavy atom. The predicted molar refractivity (Wildman–Crippen MR) is 107 cm³/mol. The van der Waals surface area contributed by atoms with Gasteiger partial charge in [-0.25, -0.2) is 8.42 Å². The van der Waals surface area contributed by atoms with Gasteiger partial charge in [-0.05, 0) is 56.0 Å². The minimum absolute atomic E-state index is 0.175. The van der Waals surface area contributed by atoms with E-state index in [9.17, 15) is 13.2 Å². The van der Waals surface area contributed by atoms with Crippen LogP contribution in [0.2, 0.25) is 0 Å². The van der Waals surface area contributed by atoms with Crippen molar-refractivity contribution in [3.63, 3.8) is 0 Å². The molecular formula is C21H23N3O3S. The number of carbonyl (C=O) groups excluding carboxylic acids is 1. The van der Waals surface area contributed by atoms with Crippen LogP contribution in [0.25, 0.3) is 0 Å². The lowest BCUT2D eigenvalue weighted by Gasteiger charge is -2.31. The van der Waals surface area contributed by atoms with E-state index >= 15 is 0 Å². The van der Waals surface area contributed by atoms with E-state index in [-0.39, 0.29) is 11.8 Å². The average molecular weight is 398 g/mol. The lowest BCUT2D eigenvalue weighted by atomic mass is 9.97. The molecule has 1 heterocycles. The zero-order valence-electron chi connectivity index (χ0n) is 16.0. The van der Waals surface area contributed by atoms with Gasteiger partial charge in [0.05, 0.1) is 16.1 Å². The molecule has 1 saturated heterocycles. The number of nitriles is 1. The van der Waals surface area contributed by atoms with Gasteiger partial charge < -0.3 is 5.32 Å². The number of sulfonamides is 1. The maximum Gasteiger partial charge on any atom is 0.243 e. The summed E-state index contributed by atoms with van der Waals surface area (Å²) in [4.78, 5) is 12.9. The van der Waals surface area contributed by atoms with Crippen LogP contribution in [-0.4, -0.2) is 31.7 Å². The third-order valence-corrected chi connectivity index (χ3v) is 7.13. The molecule has 0 atom stereocenters. The van der Waals surface area contributed by atoms with E-state index in [4.69, 9.17) is 5.26 Å². The van der Waals surface area contributed by atoms with Crippen molar-refractivity contribution in [2.24, 2.45) is 5.92 Å². The van der Waals surface area contributed by atoms with Crippen LogP contribution in [0.1, 0.15) is 29.5 Å². The van der Waals surface area contributed by atoms with Gasteiger partial charge >= 0.3 is 0 Å². The molecule has 6 nitrogen and oxygen atoms in total. The molecule has 1 fully saturated rings. The summed E-state index contributed by atoms with van der Waals surface area (Å²) in [6.07, 6.45) is 0.898. The normalized spacial score (nSPS) is 15.8. The second kappa shape index (κ2) is 8.13. The SMILES string of the molecule is Cc1ccc(C)c(S(=O)(=O)N2CCC(C(=O)Nc3ccccc3C#N)CC2)c1. The summed E-state index contributed by atoms with van der Waals surface area (Å²) in [5.74, 6) is -0.455. The molecule has 7 heteroatoms. The molecule has 2 aromatic rings. The molecule has 0 bridgehead atoms. The number of para-hydroxylation sites is 1. The minimum Gasteiger partial charge on any atom is -0.325 e. The van der Waals surface area contributed by atoms with Crippen molar-refractivity contribution in [2.75, 3.05) is 18.4 Å². The van der Waals surface area contributed by atoms with E-state index in [1.807, 2.05) is 19.1 Å². The molecule has 146 valence electrons. The predicted octanol–water partition coefficient (Wildman–Crippen LogP) is 3.21. The lowest BCUT2D eigenvalue weighted by Crippen LogP contribution is -2.41. The molecule has 0 aromatic heterocycles. The number of nitrogens with one attached hydrogen (secondary N) is 1. The average Bonchev–Trinajstić information content (AvgIpc) is 2.70. The fourth-order valence-corrected chi connectivity index (χ4v) is 5.19. The second-order valence-electron chi connectivity index (χ2n) is 7.09. The summed E-state index contributed by atoms with van der Waals surface area (Å²) >= 11 is 0. The molecule has 2 aromatic carbocycles. The molecular weight excluding hydrogens is 374 g/mol. The van der Waals surface area contributed by atoms with Gasteiger partial charge in [0.25, 0.3) is 0 Å². The summed E-state index contributed by atoms with van der Waals surface area (Å²) in [5, 5.41) is 11.9. The van der Waals surface area contributed by atoms with Crippen LogP contribution < -0.4 is 5.32 Å². The summed E-state index contributed by atoms with van der Waals surface area (Å²) < 4.78 is 27.5. The third kappa shape index (κ3) is 4.08. The first-order valence-corrected chi connectivity index (χ1v) is 10.6. The van der Waals surface area contributed by atoms with E-state index < -0.39 is 10.0 Å². The highest BCUT2D eigenvalue weighted by molar-refractivity contribution is 7.89. The Bertz CT molecular complexity index is 1030. The maximum absolute atomic E-state index is 13.0. The van der Waals surface area contributed by atoms with Crippen LogP contribution in [-0.2, 0) is 14.8 Å². The van der Waals surface area contributed by atoms with Crippen LogP contribution in [0.5, 0.6) is 0 Å². The van der Waals surface area contributed by atoms with E-state index in [2.05, 4.69) is 11.4 Å². The number of nitrogens with zero attached hydrogens (tertiary/aromatic N) is 2. The summed E-state index contributed by atoms with van der Waals surface area (Å²) in [6.45, 7) is 4.26. The first kappa shape index (κ1) is 20.1. The Morgan fingerprint density at radius 1 is 1.14 bits per heavy atom. The van der Waals surface area contributed by atoms with E-state index in [0.29, 0.717) is 42.1 Å². The Kier molecular flexibility index (Phi) is 5.82. The van der Waals surface area contributed by atoms with Gasteiger partial charge in [0.1, 0.15) is 6.07 Å². The van der Waals surface area contributed by atoms with Gasteiger partial charge in [-0.15, -0.1) is 0 Å². The Hall–Kier alpha value is -2.69. The van der Waals surface area contributed by atoms with Crippen LogP contribution in [0.3, 0.4) is 0 Å². The minimum atomic E-state index is -3.58. The fourth-order valence-electron chi connectivity index (χ4n) is 3.41. The molecule has 1 aliphatic rings. The number of piperidine rings is 1. The van der Waals surface area contributed by atoms with Crippen molar-refractivity contribution in [1.82, 2.24) is 4.31 Å². The standard InChI is InChI=1S/C21H23N3O3S/c1-15-7-8-16(2)20(13-15)28(26,27)24-11-9-17(10-12-24)21(25)23-19-6-4-3-5-18(19)14-22/h3-8,13,17H,9-12H2,1-2H3,(H,23,25). The molecule has 0 aliphatic carbocycles. The van der Waals surface area contributed by atoms with Gasteiger partial charge in [-0.3, -0.25) is 4.79 Å². The van der Waals surface area contributed by atoms with Crippen molar-refractivity contribution >= 4 is 21.6 Å². The first-order valence-electron chi connectivity index (χ1n) is 9.20. The maximum atomic E-state index is 13.0. The zero-order valence-corrected chi connectivity index (χ0v) is 16.8. The lowest BCUT2D eigenvalue weighted by molar-refractivity contribution is -0.120. The van der Waals surface area contributed by atoms with Gasteiger partial charge in [0, 0.05) is 19.0 Å². The molecule has 1 N–H and O–H groups in total. The number of hydrogen-bond acceptors (Lipinski definition) is 4. The molecule has 1 amide bonds. The molecule has 28 heavy (non-hydrogen) atoms. The molecule has 0 spiro atoms. The number of carbonyl (C=O) groups is 1. The number of hydrogen-bond donors (Lipinski definition) is 1. The number of amides is 1. The molecule has 0 saturated carbocycles. The molecule has 0 unspecified atom stereocenters. The van der Waals surface area contributed by atoms with Crippen molar-refractivity contribution in [1.29, 1.82) is 5.26 Å². The quantitative estimate of drug-likeness (QED) is 0.858. The van der Waals surface area contributed by atoms with Gasteiger partial charge in [0.15, 0.2) is 0 Å². The molecule has 0 radical (unpaired) electrons. The molecule has 3 rings (SSSR count). The fraction of sp³-hybridized carbons (Fsp3) is 0.333. The Morgan fingerprint density at radius 3 is 2.50 bits per heavy atom. The summed E-state index contributed by atoms with van der Waals surface area (Å²) in [7, 11) is -3.58. The number of benzene rings is 2. The van der Waals surface area contributed by atoms with Crippen molar-refractivity contribution in [2.45, 2.75) is 31.6 Å². The number of rotatable bonds is 4. The van der Waals surface area contributed by atoms with Crippen LogP contribution in [0.4, 0.5) is 5.69 Å². The topological polar surface area (TPSA) is 90.3 Å². The van der Waals surface area contributed by atoms with Crippen molar-refractivity contribution < 1.29 is 13.2 Å². The largest absolute Gasteiger partial charge is 0.325 e. The Balaban J connectivity index is 1.68. The van der Waals surface area contributed by atoms with E-state index in [1.165, 1.54) is 4.31 Å². The van der Waals surface area contributed by atoms with Gasteiger partial charge in [-0.2, -0.15) is 9.57 Å². The second-order valence-corrected chi connectivity index (χ2v) is 9.00. The van der Waals surface area contributed by atoms with E-state index in [0.717, 1.165) is 11.1 Å². The summed E-state index contributed by atoms with van der Waals surface area (Å²) in [5.41, 5.74) is 2.51. The van der Waals surface area contributed by atoms with E-state index in [1.54, 1.807) is 37.3 Å². The number of aryl methyl sites for hydroxylation is 2. The monoisotopic (exact) mass is 397 g/mol. The third-order valence-electron chi connectivity index (χ3n) is 5.09. The smallest absolute Gasteiger partial charge is 0.243 e. The highest BCUT2D eigenvalue weighted by atomic mass is 32.2. The zero-order chi connectivity index (χ0) is 20.3.